The Morgan fingerprint density at radius 1 is 1.38 bits per heavy atom. The van der Waals surface area contributed by atoms with Crippen LogP contribution in [-0.4, -0.2) is 57.4 Å². The summed E-state index contributed by atoms with van der Waals surface area (Å²) in [4.78, 5) is 12.9. The summed E-state index contributed by atoms with van der Waals surface area (Å²) in [5, 5.41) is 3.00. The molecule has 0 aliphatic rings. The standard InChI is InChI=1S/C10H22N2O3S/c1-5-16(14,15)8-6-7-11-9(2)10(13)12(3)4/h9,11H,5-8H2,1-4H3. The van der Waals surface area contributed by atoms with Crippen molar-refractivity contribution in [2.75, 3.05) is 32.1 Å². The van der Waals surface area contributed by atoms with Gasteiger partial charge in [0.15, 0.2) is 0 Å². The second-order valence-electron chi connectivity index (χ2n) is 4.00. The van der Waals surface area contributed by atoms with Crippen molar-refractivity contribution in [2.45, 2.75) is 26.3 Å². The van der Waals surface area contributed by atoms with Crippen LogP contribution in [0.1, 0.15) is 20.3 Å². The van der Waals surface area contributed by atoms with Gasteiger partial charge in [0.1, 0.15) is 9.84 Å². The summed E-state index contributed by atoms with van der Waals surface area (Å²) in [6.45, 7) is 3.96. The van der Waals surface area contributed by atoms with Gasteiger partial charge in [-0.3, -0.25) is 4.79 Å². The highest BCUT2D eigenvalue weighted by atomic mass is 32.2. The Bertz CT molecular complexity index is 312. The van der Waals surface area contributed by atoms with Crippen molar-refractivity contribution < 1.29 is 13.2 Å². The molecule has 1 N–H and O–H groups in total. The molecule has 0 bridgehead atoms. The van der Waals surface area contributed by atoms with E-state index in [1.807, 2.05) is 0 Å². The number of amides is 1. The zero-order valence-corrected chi connectivity index (χ0v) is 11.3. The number of likely N-dealkylation sites (N-methyl/N-ethyl adjacent to an activating group) is 1. The molecule has 16 heavy (non-hydrogen) atoms. The molecule has 0 aliphatic carbocycles. The first-order chi connectivity index (χ1) is 7.30. The Labute approximate surface area is 98.1 Å². The van der Waals surface area contributed by atoms with E-state index in [1.54, 1.807) is 27.9 Å². The third kappa shape index (κ3) is 6.07. The third-order valence-corrected chi connectivity index (χ3v) is 4.12. The third-order valence-electron chi connectivity index (χ3n) is 2.33. The zero-order valence-electron chi connectivity index (χ0n) is 10.5. The molecular weight excluding hydrogens is 228 g/mol. The molecule has 0 aromatic heterocycles. The van der Waals surface area contributed by atoms with Crippen LogP contribution < -0.4 is 5.32 Å². The minimum absolute atomic E-state index is 0.00153. The fourth-order valence-corrected chi connectivity index (χ4v) is 2.10. The van der Waals surface area contributed by atoms with E-state index in [0.29, 0.717) is 13.0 Å². The molecule has 0 aromatic rings. The van der Waals surface area contributed by atoms with E-state index in [9.17, 15) is 13.2 Å². The van der Waals surface area contributed by atoms with Crippen LogP contribution in [0.5, 0.6) is 0 Å². The second-order valence-corrected chi connectivity index (χ2v) is 6.47. The van der Waals surface area contributed by atoms with E-state index in [2.05, 4.69) is 5.32 Å². The number of carbonyl (C=O) groups is 1. The monoisotopic (exact) mass is 250 g/mol. The minimum Gasteiger partial charge on any atom is -0.347 e. The van der Waals surface area contributed by atoms with Gasteiger partial charge in [-0.05, 0) is 19.9 Å². The van der Waals surface area contributed by atoms with Gasteiger partial charge in [-0.15, -0.1) is 0 Å². The first-order valence-electron chi connectivity index (χ1n) is 5.45. The van der Waals surface area contributed by atoms with Gasteiger partial charge in [0.2, 0.25) is 5.91 Å². The molecule has 1 unspecified atom stereocenters. The van der Waals surface area contributed by atoms with Gasteiger partial charge in [0.05, 0.1) is 11.8 Å². The van der Waals surface area contributed by atoms with Gasteiger partial charge in [0, 0.05) is 19.8 Å². The summed E-state index contributed by atoms with van der Waals surface area (Å²) in [6.07, 6.45) is 0.543. The van der Waals surface area contributed by atoms with Crippen molar-refractivity contribution in [3.63, 3.8) is 0 Å². The van der Waals surface area contributed by atoms with Crippen LogP contribution in [0.2, 0.25) is 0 Å². The first-order valence-corrected chi connectivity index (χ1v) is 7.27. The SMILES string of the molecule is CCS(=O)(=O)CCCNC(C)C(=O)N(C)C. The molecule has 5 nitrogen and oxygen atoms in total. The Morgan fingerprint density at radius 3 is 2.38 bits per heavy atom. The average Bonchev–Trinajstić information content (AvgIpc) is 2.22. The summed E-state index contributed by atoms with van der Waals surface area (Å²) < 4.78 is 22.4. The number of carbonyl (C=O) groups excluding carboxylic acids is 1. The van der Waals surface area contributed by atoms with Crippen molar-refractivity contribution in [3.05, 3.63) is 0 Å². The minimum atomic E-state index is -2.89. The molecule has 0 spiro atoms. The Kier molecular flexibility index (Phi) is 6.59. The predicted octanol–water partition coefficient (Wildman–Crippen LogP) is -0.122. The van der Waals surface area contributed by atoms with E-state index >= 15 is 0 Å². The number of nitrogens with zero attached hydrogens (tertiary/aromatic N) is 1. The van der Waals surface area contributed by atoms with E-state index in [-0.39, 0.29) is 23.5 Å². The first kappa shape index (κ1) is 15.4. The van der Waals surface area contributed by atoms with Crippen molar-refractivity contribution in [1.82, 2.24) is 10.2 Å². The maximum absolute atomic E-state index is 11.4. The smallest absolute Gasteiger partial charge is 0.238 e. The van der Waals surface area contributed by atoms with Gasteiger partial charge in [-0.1, -0.05) is 6.92 Å². The molecule has 0 heterocycles. The molecule has 1 atom stereocenters. The maximum Gasteiger partial charge on any atom is 0.238 e. The molecule has 0 saturated heterocycles. The van der Waals surface area contributed by atoms with Crippen LogP contribution in [-0.2, 0) is 14.6 Å². The van der Waals surface area contributed by atoms with E-state index < -0.39 is 9.84 Å². The van der Waals surface area contributed by atoms with E-state index in [4.69, 9.17) is 0 Å². The van der Waals surface area contributed by atoms with E-state index in [0.717, 1.165) is 0 Å². The molecule has 6 heteroatoms. The lowest BCUT2D eigenvalue weighted by Gasteiger charge is -2.17. The van der Waals surface area contributed by atoms with Crippen LogP contribution in [0, 0.1) is 0 Å². The Balaban J connectivity index is 3.80. The predicted molar refractivity (Wildman–Crippen MR) is 65.1 cm³/mol. The molecule has 0 aliphatic heterocycles. The Hall–Kier alpha value is -0.620. The number of hydrogen-bond acceptors (Lipinski definition) is 4. The topological polar surface area (TPSA) is 66.5 Å². The van der Waals surface area contributed by atoms with Gasteiger partial charge < -0.3 is 10.2 Å². The van der Waals surface area contributed by atoms with Crippen molar-refractivity contribution >= 4 is 15.7 Å². The zero-order chi connectivity index (χ0) is 12.8. The summed E-state index contributed by atoms with van der Waals surface area (Å²) in [6, 6.07) is -0.265. The van der Waals surface area contributed by atoms with Crippen molar-refractivity contribution in [3.8, 4) is 0 Å². The summed E-state index contributed by atoms with van der Waals surface area (Å²) in [5.74, 6) is 0.358. The molecule has 0 fully saturated rings. The maximum atomic E-state index is 11.4. The quantitative estimate of drug-likeness (QED) is 0.640. The van der Waals surface area contributed by atoms with Crippen LogP contribution >= 0.6 is 0 Å². The van der Waals surface area contributed by atoms with Crippen LogP contribution in [0.25, 0.3) is 0 Å². The summed E-state index contributed by atoms with van der Waals surface area (Å²) in [7, 11) is 0.504. The number of rotatable bonds is 7. The molecule has 0 radical (unpaired) electrons. The molecule has 0 aromatic carbocycles. The summed E-state index contributed by atoms with van der Waals surface area (Å²) in [5.41, 5.74) is 0. The second kappa shape index (κ2) is 6.85. The lowest BCUT2D eigenvalue weighted by atomic mass is 10.3. The number of nitrogens with one attached hydrogen (secondary N) is 1. The highest BCUT2D eigenvalue weighted by Crippen LogP contribution is 1.94. The highest BCUT2D eigenvalue weighted by Gasteiger charge is 2.14. The van der Waals surface area contributed by atoms with Crippen LogP contribution in [0.3, 0.4) is 0 Å². The highest BCUT2D eigenvalue weighted by molar-refractivity contribution is 7.91. The lowest BCUT2D eigenvalue weighted by molar-refractivity contribution is -0.130. The fourth-order valence-electron chi connectivity index (χ4n) is 1.23. The van der Waals surface area contributed by atoms with Crippen LogP contribution in [0.15, 0.2) is 0 Å². The average molecular weight is 250 g/mol. The number of hydrogen-bond donors (Lipinski definition) is 1. The molecule has 96 valence electrons. The fraction of sp³-hybridized carbons (Fsp3) is 0.900. The number of sulfone groups is 1. The van der Waals surface area contributed by atoms with Gasteiger partial charge >= 0.3 is 0 Å². The largest absolute Gasteiger partial charge is 0.347 e. The lowest BCUT2D eigenvalue weighted by Crippen LogP contribution is -2.42. The molecule has 0 saturated carbocycles. The van der Waals surface area contributed by atoms with Crippen molar-refractivity contribution in [1.29, 1.82) is 0 Å². The normalized spacial score (nSPS) is 13.5. The summed E-state index contributed by atoms with van der Waals surface area (Å²) >= 11 is 0. The molecule has 0 rings (SSSR count). The Morgan fingerprint density at radius 2 is 1.94 bits per heavy atom. The van der Waals surface area contributed by atoms with Gasteiger partial charge in [0.25, 0.3) is 0 Å². The molecule has 1 amide bonds. The van der Waals surface area contributed by atoms with E-state index in [1.165, 1.54) is 4.90 Å². The van der Waals surface area contributed by atoms with Gasteiger partial charge in [-0.2, -0.15) is 0 Å². The molecular formula is C10H22N2O3S. The van der Waals surface area contributed by atoms with Crippen molar-refractivity contribution in [2.24, 2.45) is 0 Å². The van der Waals surface area contributed by atoms with Gasteiger partial charge in [-0.25, -0.2) is 8.42 Å². The van der Waals surface area contributed by atoms with Crippen LogP contribution in [0.4, 0.5) is 0 Å².